The van der Waals surface area contributed by atoms with E-state index in [9.17, 15) is 24.3 Å². The summed E-state index contributed by atoms with van der Waals surface area (Å²) in [5, 5.41) is 25.8. The largest absolute Gasteiger partial charge is 0.491 e. The Bertz CT molecular complexity index is 801. The van der Waals surface area contributed by atoms with E-state index in [-0.39, 0.29) is 49.8 Å². The SMILES string of the molecule is CN1CCOc2ccccc2C(=O)N[C@H](C(=O)NC[C@@H](O)CO)CC(=O)NCCC1=O. The molecule has 2 atom stereocenters. The number of benzene rings is 1. The lowest BCUT2D eigenvalue weighted by Crippen LogP contribution is -2.50. The molecule has 4 amide bonds. The van der Waals surface area contributed by atoms with Gasteiger partial charge in [-0.3, -0.25) is 19.2 Å². The summed E-state index contributed by atoms with van der Waals surface area (Å²) in [6.07, 6.45) is -1.47. The van der Waals surface area contributed by atoms with Crippen LogP contribution in [0.2, 0.25) is 0 Å². The summed E-state index contributed by atoms with van der Waals surface area (Å²) in [7, 11) is 1.62. The fourth-order valence-electron chi connectivity index (χ4n) is 2.81. The van der Waals surface area contributed by atoms with Crippen molar-refractivity contribution in [2.75, 3.05) is 39.9 Å². The number of amides is 4. The molecule has 11 nitrogen and oxygen atoms in total. The Hall–Kier alpha value is -3.18. The number of aliphatic hydroxyl groups is 2. The quantitative estimate of drug-likeness (QED) is 0.365. The molecule has 5 N–H and O–H groups in total. The molecule has 0 unspecified atom stereocenters. The third-order valence-corrected chi connectivity index (χ3v) is 4.64. The Kier molecular flexibility index (Phi) is 9.22. The monoisotopic (exact) mass is 436 g/mol. The molecule has 31 heavy (non-hydrogen) atoms. The maximum absolute atomic E-state index is 12.8. The number of carbonyl (C=O) groups excluding carboxylic acids is 4. The van der Waals surface area contributed by atoms with Crippen LogP contribution in [0.3, 0.4) is 0 Å². The van der Waals surface area contributed by atoms with E-state index in [2.05, 4.69) is 16.0 Å². The van der Waals surface area contributed by atoms with Gasteiger partial charge in [0.2, 0.25) is 17.7 Å². The van der Waals surface area contributed by atoms with E-state index in [1.54, 1.807) is 25.2 Å². The standard InChI is InChI=1S/C20H28N4O7/c1-24-8-9-31-16-5-3-2-4-14(16)19(29)23-15(20(30)22-11-13(26)12-25)10-17(27)21-7-6-18(24)28/h2-5,13,15,25-26H,6-12H2,1H3,(H,21,27)(H,22,30)(H,23,29)/t13-,15+/m1/s1. The fourth-order valence-corrected chi connectivity index (χ4v) is 2.81. The number of hydrogen-bond acceptors (Lipinski definition) is 7. The predicted molar refractivity (Wildman–Crippen MR) is 109 cm³/mol. The first-order valence-corrected chi connectivity index (χ1v) is 9.91. The van der Waals surface area contributed by atoms with Crippen molar-refractivity contribution in [3.8, 4) is 5.75 Å². The number of para-hydroxylation sites is 1. The van der Waals surface area contributed by atoms with Crippen LogP contribution in [0.25, 0.3) is 0 Å². The molecule has 1 aliphatic heterocycles. The highest BCUT2D eigenvalue weighted by Gasteiger charge is 2.26. The topological polar surface area (TPSA) is 157 Å². The second-order valence-electron chi connectivity index (χ2n) is 7.07. The molecule has 1 aliphatic rings. The zero-order chi connectivity index (χ0) is 22.8. The van der Waals surface area contributed by atoms with Gasteiger partial charge in [0.05, 0.1) is 31.2 Å². The van der Waals surface area contributed by atoms with Gasteiger partial charge in [0.25, 0.3) is 5.91 Å². The number of likely N-dealkylation sites (N-methyl/N-ethyl adjacent to an activating group) is 1. The highest BCUT2D eigenvalue weighted by atomic mass is 16.5. The van der Waals surface area contributed by atoms with Gasteiger partial charge in [-0.15, -0.1) is 0 Å². The molecule has 1 aromatic carbocycles. The van der Waals surface area contributed by atoms with Crippen molar-refractivity contribution in [1.29, 1.82) is 0 Å². The first kappa shape index (κ1) is 24.1. The normalized spacial score (nSPS) is 19.6. The maximum atomic E-state index is 12.8. The summed E-state index contributed by atoms with van der Waals surface area (Å²) < 4.78 is 5.66. The van der Waals surface area contributed by atoms with E-state index >= 15 is 0 Å². The second-order valence-corrected chi connectivity index (χ2v) is 7.07. The van der Waals surface area contributed by atoms with Crippen LogP contribution < -0.4 is 20.7 Å². The molecule has 0 spiro atoms. The van der Waals surface area contributed by atoms with Crippen molar-refractivity contribution < 1.29 is 34.1 Å². The van der Waals surface area contributed by atoms with Gasteiger partial charge in [0.15, 0.2) is 0 Å². The van der Waals surface area contributed by atoms with Gasteiger partial charge in [-0.25, -0.2) is 0 Å². The maximum Gasteiger partial charge on any atom is 0.255 e. The van der Waals surface area contributed by atoms with Gasteiger partial charge in [0, 0.05) is 26.6 Å². The van der Waals surface area contributed by atoms with E-state index in [0.717, 1.165) is 0 Å². The summed E-state index contributed by atoms with van der Waals surface area (Å²) >= 11 is 0. The molecule has 0 aliphatic carbocycles. The van der Waals surface area contributed by atoms with Crippen LogP contribution in [0.1, 0.15) is 23.2 Å². The van der Waals surface area contributed by atoms with Crippen LogP contribution in [0.15, 0.2) is 24.3 Å². The van der Waals surface area contributed by atoms with Crippen LogP contribution in [0.4, 0.5) is 0 Å². The molecule has 11 heteroatoms. The zero-order valence-corrected chi connectivity index (χ0v) is 17.3. The fraction of sp³-hybridized carbons (Fsp3) is 0.500. The van der Waals surface area contributed by atoms with Crippen molar-refractivity contribution in [3.63, 3.8) is 0 Å². The third kappa shape index (κ3) is 7.54. The average molecular weight is 436 g/mol. The number of carbonyl (C=O) groups is 4. The molecule has 0 saturated carbocycles. The van der Waals surface area contributed by atoms with Gasteiger partial charge in [-0.2, -0.15) is 0 Å². The highest BCUT2D eigenvalue weighted by molar-refractivity contribution is 6.00. The van der Waals surface area contributed by atoms with Crippen LogP contribution in [-0.4, -0.2) is 90.8 Å². The summed E-state index contributed by atoms with van der Waals surface area (Å²) in [6, 6.07) is 5.18. The summed E-state index contributed by atoms with van der Waals surface area (Å²) in [5.41, 5.74) is 0.167. The van der Waals surface area contributed by atoms with Gasteiger partial charge in [-0.1, -0.05) is 12.1 Å². The number of nitrogens with zero attached hydrogens (tertiary/aromatic N) is 1. The van der Waals surface area contributed by atoms with Crippen molar-refractivity contribution in [2.24, 2.45) is 0 Å². The molecule has 0 saturated heterocycles. The lowest BCUT2D eigenvalue weighted by atomic mass is 10.1. The van der Waals surface area contributed by atoms with Crippen LogP contribution in [0.5, 0.6) is 5.75 Å². The number of rotatable bonds is 4. The van der Waals surface area contributed by atoms with E-state index < -0.39 is 36.5 Å². The van der Waals surface area contributed by atoms with E-state index in [0.29, 0.717) is 6.54 Å². The second kappa shape index (κ2) is 11.9. The van der Waals surface area contributed by atoms with Crippen LogP contribution >= 0.6 is 0 Å². The minimum Gasteiger partial charge on any atom is -0.491 e. The van der Waals surface area contributed by atoms with E-state index in [1.807, 2.05) is 0 Å². The van der Waals surface area contributed by atoms with E-state index in [1.165, 1.54) is 11.0 Å². The Morgan fingerprint density at radius 2 is 2.06 bits per heavy atom. The first-order valence-electron chi connectivity index (χ1n) is 9.91. The van der Waals surface area contributed by atoms with Crippen molar-refractivity contribution in [2.45, 2.75) is 25.0 Å². The number of ether oxygens (including phenoxy) is 1. The first-order chi connectivity index (χ1) is 14.8. The Balaban J connectivity index is 2.23. The number of aliphatic hydroxyl groups excluding tert-OH is 2. The van der Waals surface area contributed by atoms with E-state index in [4.69, 9.17) is 9.84 Å². The number of hydrogen-bond donors (Lipinski definition) is 5. The van der Waals surface area contributed by atoms with Gasteiger partial charge >= 0.3 is 0 Å². The Labute approximate surface area is 179 Å². The Morgan fingerprint density at radius 3 is 2.81 bits per heavy atom. The molecular formula is C20H28N4O7. The van der Waals surface area contributed by atoms with Gasteiger partial charge in [-0.05, 0) is 12.1 Å². The minimum atomic E-state index is -1.24. The van der Waals surface area contributed by atoms with Crippen molar-refractivity contribution >= 4 is 23.6 Å². The summed E-state index contributed by atoms with van der Waals surface area (Å²) in [4.78, 5) is 51.2. The molecule has 0 aromatic heterocycles. The Morgan fingerprint density at radius 1 is 1.32 bits per heavy atom. The molecule has 1 aromatic rings. The average Bonchev–Trinajstić information content (AvgIpc) is 2.76. The smallest absolute Gasteiger partial charge is 0.255 e. The number of nitrogens with one attached hydrogen (secondary N) is 3. The number of fused-ring (bicyclic) bond motifs is 1. The molecular weight excluding hydrogens is 408 g/mol. The molecule has 170 valence electrons. The predicted octanol–water partition coefficient (Wildman–Crippen LogP) is -2.00. The minimum absolute atomic E-state index is 0.0741. The molecule has 0 bridgehead atoms. The van der Waals surface area contributed by atoms with Gasteiger partial charge < -0.3 is 35.8 Å². The molecule has 0 radical (unpaired) electrons. The molecule has 2 rings (SSSR count). The molecule has 0 fully saturated rings. The van der Waals surface area contributed by atoms with Crippen LogP contribution in [-0.2, 0) is 14.4 Å². The van der Waals surface area contributed by atoms with Crippen LogP contribution in [0, 0.1) is 0 Å². The molecule has 1 heterocycles. The zero-order valence-electron chi connectivity index (χ0n) is 17.3. The van der Waals surface area contributed by atoms with Gasteiger partial charge in [0.1, 0.15) is 18.4 Å². The summed E-state index contributed by atoms with van der Waals surface area (Å²) in [6.45, 7) is -0.272. The summed E-state index contributed by atoms with van der Waals surface area (Å²) in [5.74, 6) is -1.76. The highest BCUT2D eigenvalue weighted by Crippen LogP contribution is 2.18. The van der Waals surface area contributed by atoms with Crippen molar-refractivity contribution in [3.05, 3.63) is 29.8 Å². The lowest BCUT2D eigenvalue weighted by Gasteiger charge is -2.20. The van der Waals surface area contributed by atoms with Crippen molar-refractivity contribution in [1.82, 2.24) is 20.9 Å². The lowest BCUT2D eigenvalue weighted by molar-refractivity contribution is -0.131. The third-order valence-electron chi connectivity index (χ3n) is 4.64.